The Bertz CT molecular complexity index is 115. The first kappa shape index (κ1) is 12.9. The molecule has 0 fully saturated rings. The third-order valence-corrected chi connectivity index (χ3v) is 1.71. The molecule has 0 radical (unpaired) electrons. The van der Waals surface area contributed by atoms with Crippen molar-refractivity contribution >= 4 is 0 Å². The van der Waals surface area contributed by atoms with Gasteiger partial charge in [-0.3, -0.25) is 0 Å². The highest BCUT2D eigenvalue weighted by molar-refractivity contribution is 4.68. The molecule has 0 aliphatic heterocycles. The minimum atomic E-state index is 0.323. The zero-order valence-corrected chi connectivity index (χ0v) is 9.63. The quantitative estimate of drug-likeness (QED) is 0.644. The van der Waals surface area contributed by atoms with Crippen LogP contribution in [0, 0.1) is 0 Å². The van der Waals surface area contributed by atoms with E-state index in [0.717, 1.165) is 19.7 Å². The Hall–Kier alpha value is -0.120. The van der Waals surface area contributed by atoms with Crippen LogP contribution in [0.3, 0.4) is 0 Å². The molecule has 0 aromatic heterocycles. The molecule has 0 bridgehead atoms. The molecular formula is C10H24N2O. The predicted molar refractivity (Wildman–Crippen MR) is 57.1 cm³/mol. The molecule has 0 heterocycles. The van der Waals surface area contributed by atoms with Gasteiger partial charge in [0, 0.05) is 12.6 Å². The van der Waals surface area contributed by atoms with Crippen LogP contribution < -0.4 is 5.32 Å². The summed E-state index contributed by atoms with van der Waals surface area (Å²) in [4.78, 5) is 2.18. The van der Waals surface area contributed by atoms with Gasteiger partial charge in [-0.05, 0) is 34.5 Å². The molecule has 0 spiro atoms. The molecule has 1 unspecified atom stereocenters. The maximum absolute atomic E-state index is 5.57. The van der Waals surface area contributed by atoms with Gasteiger partial charge in [0.05, 0.1) is 12.7 Å². The Balaban J connectivity index is 3.66. The zero-order chi connectivity index (χ0) is 10.3. The van der Waals surface area contributed by atoms with Crippen LogP contribution in [0.5, 0.6) is 0 Å². The first-order chi connectivity index (χ1) is 6.06. The van der Waals surface area contributed by atoms with Gasteiger partial charge in [-0.1, -0.05) is 6.92 Å². The summed E-state index contributed by atoms with van der Waals surface area (Å²) in [6.45, 7) is 9.08. The van der Waals surface area contributed by atoms with E-state index in [2.05, 4.69) is 45.1 Å². The van der Waals surface area contributed by atoms with E-state index in [4.69, 9.17) is 4.74 Å². The fourth-order valence-electron chi connectivity index (χ4n) is 1.21. The van der Waals surface area contributed by atoms with Crippen LogP contribution in [-0.2, 0) is 4.74 Å². The van der Waals surface area contributed by atoms with Gasteiger partial charge >= 0.3 is 0 Å². The maximum atomic E-state index is 5.57. The van der Waals surface area contributed by atoms with E-state index in [-0.39, 0.29) is 0 Å². The number of likely N-dealkylation sites (N-methyl/N-ethyl adjacent to an activating group) is 2. The molecule has 0 aliphatic carbocycles. The first-order valence-corrected chi connectivity index (χ1v) is 5.06. The van der Waals surface area contributed by atoms with Gasteiger partial charge in [-0.15, -0.1) is 0 Å². The molecule has 13 heavy (non-hydrogen) atoms. The molecule has 0 amide bonds. The fourth-order valence-corrected chi connectivity index (χ4v) is 1.21. The van der Waals surface area contributed by atoms with Crippen LogP contribution in [0.15, 0.2) is 0 Å². The molecule has 1 atom stereocenters. The lowest BCUT2D eigenvalue weighted by molar-refractivity contribution is 0.0561. The van der Waals surface area contributed by atoms with Gasteiger partial charge in [0.25, 0.3) is 0 Å². The third kappa shape index (κ3) is 8.22. The Morgan fingerprint density at radius 1 is 1.31 bits per heavy atom. The predicted octanol–water partition coefficient (Wildman–Crippen LogP) is 0.951. The first-order valence-electron chi connectivity index (χ1n) is 5.06. The summed E-state index contributed by atoms with van der Waals surface area (Å²) in [5.74, 6) is 0. The van der Waals surface area contributed by atoms with Crippen molar-refractivity contribution in [1.29, 1.82) is 0 Å². The fraction of sp³-hybridized carbons (Fsp3) is 1.00. The number of nitrogens with one attached hydrogen (secondary N) is 1. The van der Waals surface area contributed by atoms with Crippen LogP contribution in [0.2, 0.25) is 0 Å². The summed E-state index contributed by atoms with van der Waals surface area (Å²) in [5, 5.41) is 3.40. The third-order valence-electron chi connectivity index (χ3n) is 1.71. The van der Waals surface area contributed by atoms with E-state index in [0.29, 0.717) is 12.1 Å². The Kier molecular flexibility index (Phi) is 7.23. The average Bonchev–Trinajstić information content (AvgIpc) is 1.99. The van der Waals surface area contributed by atoms with Gasteiger partial charge in [-0.2, -0.15) is 0 Å². The van der Waals surface area contributed by atoms with Crippen LogP contribution in [0.4, 0.5) is 0 Å². The molecule has 3 nitrogen and oxygen atoms in total. The molecule has 0 aromatic rings. The van der Waals surface area contributed by atoms with Crippen molar-refractivity contribution in [3.05, 3.63) is 0 Å². The summed E-state index contributed by atoms with van der Waals surface area (Å²) in [7, 11) is 4.17. The lowest BCUT2D eigenvalue weighted by atomic mass is 10.3. The molecule has 0 rings (SSSR count). The lowest BCUT2D eigenvalue weighted by Crippen LogP contribution is -2.42. The summed E-state index contributed by atoms with van der Waals surface area (Å²) in [5.41, 5.74) is 0. The standard InChI is InChI=1S/C10H24N2O/c1-6-11-10(7-12(4)5)8-13-9(2)3/h9-11H,6-8H2,1-5H3. The Morgan fingerprint density at radius 3 is 2.31 bits per heavy atom. The van der Waals surface area contributed by atoms with Gasteiger partial charge in [0.1, 0.15) is 0 Å². The number of nitrogens with zero attached hydrogens (tertiary/aromatic N) is 1. The molecule has 1 N–H and O–H groups in total. The summed E-state index contributed by atoms with van der Waals surface area (Å²) in [6.07, 6.45) is 0.323. The SMILES string of the molecule is CCNC(COC(C)C)CN(C)C. The number of ether oxygens (including phenoxy) is 1. The van der Waals surface area contributed by atoms with E-state index < -0.39 is 0 Å². The molecule has 0 saturated carbocycles. The Labute approximate surface area is 82.4 Å². The van der Waals surface area contributed by atoms with Crippen molar-refractivity contribution < 1.29 is 4.74 Å². The largest absolute Gasteiger partial charge is 0.377 e. The molecule has 80 valence electrons. The van der Waals surface area contributed by atoms with Crippen LogP contribution in [0.25, 0.3) is 0 Å². The van der Waals surface area contributed by atoms with Gasteiger partial charge in [-0.25, -0.2) is 0 Å². The highest BCUT2D eigenvalue weighted by Gasteiger charge is 2.08. The van der Waals surface area contributed by atoms with Gasteiger partial charge in [0.15, 0.2) is 0 Å². The van der Waals surface area contributed by atoms with Crippen LogP contribution >= 0.6 is 0 Å². The molecule has 0 aliphatic rings. The zero-order valence-electron chi connectivity index (χ0n) is 9.63. The minimum Gasteiger partial charge on any atom is -0.377 e. The van der Waals surface area contributed by atoms with Crippen molar-refractivity contribution in [3.63, 3.8) is 0 Å². The normalized spacial score (nSPS) is 14.1. The van der Waals surface area contributed by atoms with E-state index >= 15 is 0 Å². The summed E-state index contributed by atoms with van der Waals surface area (Å²) >= 11 is 0. The average molecular weight is 188 g/mol. The number of rotatable bonds is 7. The van der Waals surface area contributed by atoms with Crippen LogP contribution in [0.1, 0.15) is 20.8 Å². The maximum Gasteiger partial charge on any atom is 0.0635 e. The smallest absolute Gasteiger partial charge is 0.0635 e. The van der Waals surface area contributed by atoms with E-state index in [9.17, 15) is 0 Å². The van der Waals surface area contributed by atoms with Crippen molar-refractivity contribution in [2.24, 2.45) is 0 Å². The number of hydrogen-bond donors (Lipinski definition) is 1. The van der Waals surface area contributed by atoms with Crippen molar-refractivity contribution in [2.45, 2.75) is 32.9 Å². The van der Waals surface area contributed by atoms with Gasteiger partial charge in [0.2, 0.25) is 0 Å². The Morgan fingerprint density at radius 2 is 1.92 bits per heavy atom. The monoisotopic (exact) mass is 188 g/mol. The van der Waals surface area contributed by atoms with E-state index in [1.807, 2.05) is 0 Å². The highest BCUT2D eigenvalue weighted by Crippen LogP contribution is 1.93. The lowest BCUT2D eigenvalue weighted by Gasteiger charge is -2.22. The topological polar surface area (TPSA) is 24.5 Å². The molecule has 3 heteroatoms. The summed E-state index contributed by atoms with van der Waals surface area (Å²) < 4.78 is 5.57. The van der Waals surface area contributed by atoms with Crippen LogP contribution in [-0.4, -0.2) is 50.8 Å². The highest BCUT2D eigenvalue weighted by atomic mass is 16.5. The minimum absolute atomic E-state index is 0.323. The van der Waals surface area contributed by atoms with Crippen molar-refractivity contribution in [3.8, 4) is 0 Å². The second-order valence-corrected chi connectivity index (χ2v) is 3.90. The van der Waals surface area contributed by atoms with Crippen molar-refractivity contribution in [2.75, 3.05) is 33.8 Å². The molecule has 0 saturated heterocycles. The molecular weight excluding hydrogens is 164 g/mol. The van der Waals surface area contributed by atoms with E-state index in [1.54, 1.807) is 0 Å². The molecule has 0 aromatic carbocycles. The summed E-state index contributed by atoms with van der Waals surface area (Å²) in [6, 6.07) is 0.447. The van der Waals surface area contributed by atoms with Gasteiger partial charge < -0.3 is 15.0 Å². The second kappa shape index (κ2) is 7.30. The van der Waals surface area contributed by atoms with Crippen molar-refractivity contribution in [1.82, 2.24) is 10.2 Å². The van der Waals surface area contributed by atoms with E-state index in [1.165, 1.54) is 0 Å². The second-order valence-electron chi connectivity index (χ2n) is 3.90. The number of hydrogen-bond acceptors (Lipinski definition) is 3.